The Morgan fingerprint density at radius 1 is 1.15 bits per heavy atom. The Balaban J connectivity index is 1.40. The second kappa shape index (κ2) is 8.58. The van der Waals surface area contributed by atoms with Gasteiger partial charge < -0.3 is 9.30 Å². The average Bonchev–Trinajstić information content (AvgIpc) is 3.49. The van der Waals surface area contributed by atoms with Crippen LogP contribution in [0.2, 0.25) is 0 Å². The summed E-state index contributed by atoms with van der Waals surface area (Å²) in [4.78, 5) is 8.75. The molecule has 1 N–H and O–H groups in total. The van der Waals surface area contributed by atoms with Gasteiger partial charge >= 0.3 is 6.18 Å². The van der Waals surface area contributed by atoms with Crippen LogP contribution in [0.4, 0.5) is 13.2 Å². The number of nitrogens with zero attached hydrogens (tertiary/aromatic N) is 5. The number of pyridine rings is 1. The molecule has 5 rings (SSSR count). The van der Waals surface area contributed by atoms with E-state index in [1.807, 2.05) is 21.9 Å². The number of alkyl halides is 3. The van der Waals surface area contributed by atoms with E-state index in [1.54, 1.807) is 12.4 Å². The molecule has 0 bridgehead atoms. The lowest BCUT2D eigenvalue weighted by molar-refractivity contribution is -0.140. The Morgan fingerprint density at radius 3 is 2.79 bits per heavy atom. The fourth-order valence-electron chi connectivity index (χ4n) is 4.23. The van der Waals surface area contributed by atoms with Gasteiger partial charge in [-0.2, -0.15) is 13.2 Å². The SMILES string of the molecule is CC(C)c1ccc2c(c1)[C@H](Cn1cnc(-c3cc(-c4nn[nH]c4C(F)(F)F)ccn3)c1)CCO2. The first-order valence-electron chi connectivity index (χ1n) is 11.0. The fraction of sp³-hybridized carbons (Fsp3) is 0.333. The lowest BCUT2D eigenvalue weighted by Crippen LogP contribution is -2.18. The quantitative estimate of drug-likeness (QED) is 0.422. The highest BCUT2D eigenvalue weighted by Gasteiger charge is 2.37. The number of nitrogens with one attached hydrogen (secondary N) is 1. The predicted molar refractivity (Wildman–Crippen MR) is 119 cm³/mol. The molecule has 0 spiro atoms. The van der Waals surface area contributed by atoms with Gasteiger partial charge in [0.2, 0.25) is 0 Å². The number of imidazole rings is 1. The van der Waals surface area contributed by atoms with Gasteiger partial charge in [0.05, 0.1) is 18.6 Å². The Bertz CT molecular complexity index is 1310. The smallest absolute Gasteiger partial charge is 0.435 e. The maximum atomic E-state index is 13.2. The molecule has 0 saturated carbocycles. The summed E-state index contributed by atoms with van der Waals surface area (Å²) in [7, 11) is 0. The molecular formula is C24H23F3N6O. The largest absolute Gasteiger partial charge is 0.493 e. The van der Waals surface area contributed by atoms with Gasteiger partial charge in [-0.1, -0.05) is 31.2 Å². The van der Waals surface area contributed by atoms with Crippen molar-refractivity contribution in [2.24, 2.45) is 0 Å². The van der Waals surface area contributed by atoms with Crippen LogP contribution in [-0.2, 0) is 12.7 Å². The number of fused-ring (bicyclic) bond motifs is 1. The van der Waals surface area contributed by atoms with E-state index in [2.05, 4.69) is 46.3 Å². The zero-order valence-electron chi connectivity index (χ0n) is 18.7. The number of ether oxygens (including phenoxy) is 1. The van der Waals surface area contributed by atoms with Gasteiger partial charge in [0.15, 0.2) is 5.69 Å². The summed E-state index contributed by atoms with van der Waals surface area (Å²) in [5.74, 6) is 1.62. The molecular weight excluding hydrogens is 445 g/mol. The van der Waals surface area contributed by atoms with Crippen molar-refractivity contribution in [2.75, 3.05) is 6.61 Å². The van der Waals surface area contributed by atoms with Gasteiger partial charge in [-0.15, -0.1) is 5.10 Å². The molecule has 1 aliphatic heterocycles. The first-order chi connectivity index (χ1) is 16.3. The highest BCUT2D eigenvalue weighted by Crippen LogP contribution is 2.37. The van der Waals surface area contributed by atoms with Gasteiger partial charge in [0, 0.05) is 30.4 Å². The minimum Gasteiger partial charge on any atom is -0.493 e. The van der Waals surface area contributed by atoms with Gasteiger partial charge in [-0.3, -0.25) is 10.1 Å². The van der Waals surface area contributed by atoms with Crippen molar-refractivity contribution in [3.8, 4) is 28.4 Å². The molecule has 34 heavy (non-hydrogen) atoms. The molecule has 1 aliphatic rings. The van der Waals surface area contributed by atoms with E-state index >= 15 is 0 Å². The molecule has 0 fully saturated rings. The molecule has 1 aromatic carbocycles. The second-order valence-electron chi connectivity index (χ2n) is 8.70. The van der Waals surface area contributed by atoms with Crippen LogP contribution in [0.25, 0.3) is 22.6 Å². The second-order valence-corrected chi connectivity index (χ2v) is 8.70. The van der Waals surface area contributed by atoms with Crippen molar-refractivity contribution in [3.05, 3.63) is 65.9 Å². The number of benzene rings is 1. The van der Waals surface area contributed by atoms with Crippen LogP contribution >= 0.6 is 0 Å². The zero-order chi connectivity index (χ0) is 23.9. The van der Waals surface area contributed by atoms with Crippen LogP contribution in [0.3, 0.4) is 0 Å². The molecule has 0 unspecified atom stereocenters. The number of rotatable bonds is 5. The number of halogens is 3. The van der Waals surface area contributed by atoms with Crippen molar-refractivity contribution in [2.45, 2.75) is 44.8 Å². The normalized spacial score (nSPS) is 15.9. The van der Waals surface area contributed by atoms with Gasteiger partial charge in [-0.25, -0.2) is 4.98 Å². The first-order valence-corrected chi connectivity index (χ1v) is 11.0. The maximum absolute atomic E-state index is 13.2. The minimum atomic E-state index is -4.58. The molecule has 7 nitrogen and oxygen atoms in total. The average molecular weight is 468 g/mol. The third kappa shape index (κ3) is 4.27. The topological polar surface area (TPSA) is 81.5 Å². The van der Waals surface area contributed by atoms with Gasteiger partial charge in [0.25, 0.3) is 0 Å². The molecule has 10 heteroatoms. The highest BCUT2D eigenvalue weighted by atomic mass is 19.4. The van der Waals surface area contributed by atoms with E-state index in [-0.39, 0.29) is 17.2 Å². The van der Waals surface area contributed by atoms with Crippen molar-refractivity contribution in [3.63, 3.8) is 0 Å². The Morgan fingerprint density at radius 2 is 2.00 bits per heavy atom. The van der Waals surface area contributed by atoms with E-state index in [9.17, 15) is 13.2 Å². The molecule has 4 heterocycles. The molecule has 176 valence electrons. The van der Waals surface area contributed by atoms with E-state index in [4.69, 9.17) is 4.74 Å². The third-order valence-electron chi connectivity index (χ3n) is 6.06. The molecule has 1 atom stereocenters. The molecule has 0 aliphatic carbocycles. The molecule has 4 aromatic rings. The van der Waals surface area contributed by atoms with E-state index < -0.39 is 11.9 Å². The molecule has 3 aromatic heterocycles. The lowest BCUT2D eigenvalue weighted by atomic mass is 9.89. The summed E-state index contributed by atoms with van der Waals surface area (Å²) in [5, 5.41) is 8.88. The van der Waals surface area contributed by atoms with Crippen LogP contribution in [0.1, 0.15) is 48.9 Å². The van der Waals surface area contributed by atoms with Gasteiger partial charge in [0.1, 0.15) is 17.1 Å². The fourth-order valence-corrected chi connectivity index (χ4v) is 4.23. The molecule has 0 radical (unpaired) electrons. The third-order valence-corrected chi connectivity index (χ3v) is 6.06. The van der Waals surface area contributed by atoms with Crippen LogP contribution in [0, 0.1) is 0 Å². The van der Waals surface area contributed by atoms with E-state index in [0.717, 1.165) is 12.2 Å². The Kier molecular flexibility index (Phi) is 5.59. The summed E-state index contributed by atoms with van der Waals surface area (Å²) in [6.07, 6.45) is 1.34. The summed E-state index contributed by atoms with van der Waals surface area (Å²) in [6, 6.07) is 9.39. The van der Waals surface area contributed by atoms with Crippen molar-refractivity contribution < 1.29 is 17.9 Å². The number of aromatic nitrogens is 6. The lowest BCUT2D eigenvalue weighted by Gasteiger charge is -2.27. The van der Waals surface area contributed by atoms with Crippen LogP contribution in [0.15, 0.2) is 49.1 Å². The number of hydrogen-bond donors (Lipinski definition) is 1. The van der Waals surface area contributed by atoms with Crippen molar-refractivity contribution >= 4 is 0 Å². The summed E-state index contributed by atoms with van der Waals surface area (Å²) in [6.45, 7) is 5.70. The zero-order valence-corrected chi connectivity index (χ0v) is 18.7. The van der Waals surface area contributed by atoms with Crippen LogP contribution in [-0.4, -0.2) is 36.6 Å². The predicted octanol–water partition coefficient (Wildman–Crippen LogP) is 5.44. The standard InChI is InChI=1S/C24H23F3N6O/c1-14(2)15-3-4-21-18(9-15)17(6-8-34-21)11-33-12-20(29-13-33)19-10-16(5-7-28-19)22-23(24(25,26)27)31-32-30-22/h3-5,7,9-10,12-14,17H,6,8,11H2,1-2H3,(H,30,31,32)/t17-/m0/s1. The van der Waals surface area contributed by atoms with Crippen LogP contribution < -0.4 is 4.74 Å². The number of hydrogen-bond acceptors (Lipinski definition) is 5. The summed E-state index contributed by atoms with van der Waals surface area (Å²) in [5.41, 5.74) is 2.50. The Labute approximate surface area is 194 Å². The summed E-state index contributed by atoms with van der Waals surface area (Å²) >= 11 is 0. The molecule has 0 saturated heterocycles. The van der Waals surface area contributed by atoms with E-state index in [1.165, 1.54) is 23.4 Å². The first kappa shape index (κ1) is 22.1. The monoisotopic (exact) mass is 468 g/mol. The van der Waals surface area contributed by atoms with Crippen LogP contribution in [0.5, 0.6) is 5.75 Å². The minimum absolute atomic E-state index is 0.264. The van der Waals surface area contributed by atoms with Gasteiger partial charge in [-0.05, 0) is 41.7 Å². The number of aromatic amines is 1. The summed E-state index contributed by atoms with van der Waals surface area (Å²) < 4.78 is 47.6. The molecule has 0 amide bonds. The van der Waals surface area contributed by atoms with E-state index in [0.29, 0.717) is 30.5 Å². The number of H-pyrrole nitrogens is 1. The maximum Gasteiger partial charge on any atom is 0.435 e. The van der Waals surface area contributed by atoms with Crippen molar-refractivity contribution in [1.82, 2.24) is 29.9 Å². The highest BCUT2D eigenvalue weighted by molar-refractivity contribution is 5.67. The van der Waals surface area contributed by atoms with Crippen molar-refractivity contribution in [1.29, 1.82) is 0 Å². The Hall–Kier alpha value is -3.69.